The monoisotopic (exact) mass is 769 g/mol. The van der Waals surface area contributed by atoms with Crippen LogP contribution in [0.15, 0.2) is 188 Å². The lowest BCUT2D eigenvalue weighted by Gasteiger charge is -2.15. The minimum Gasteiger partial charge on any atom is -0.309 e. The van der Waals surface area contributed by atoms with Crippen molar-refractivity contribution in [3.63, 3.8) is 0 Å². The molecule has 0 spiro atoms. The molecule has 0 amide bonds. The van der Waals surface area contributed by atoms with E-state index in [0.29, 0.717) is 5.82 Å². The predicted octanol–water partition coefficient (Wildman–Crippen LogP) is 14.1. The number of hydrogen-bond donors (Lipinski definition) is 0. The van der Waals surface area contributed by atoms with Gasteiger partial charge in [0.05, 0.1) is 49.2 Å². The molecule has 13 aromatic rings. The third-order valence-corrected chi connectivity index (χ3v) is 13.1. The fourth-order valence-corrected chi connectivity index (χ4v) is 10.6. The molecule has 0 unspecified atom stereocenters. The standard InChI is InChI=1S/C53H31N5S/c1-2-16-34(17-3-1)57-43-24-10-7-19-36(43)48-39(21-12-25-45(48)57)51-52-50(38-20-8-11-26-47(38)59-52)55-53(56-51)40-27-28-44(37-22-13-29-54-49(37)40)58-42-23-9-6-18-35(42)41-30-32-14-4-5-15-33(32)31-46(41)58/h1-31H. The van der Waals surface area contributed by atoms with E-state index in [1.807, 2.05) is 12.3 Å². The van der Waals surface area contributed by atoms with Crippen LogP contribution in [0.3, 0.4) is 0 Å². The zero-order chi connectivity index (χ0) is 38.6. The molecular formula is C53H31N5S. The van der Waals surface area contributed by atoms with Gasteiger partial charge >= 0.3 is 0 Å². The number of nitrogens with zero attached hydrogens (tertiary/aromatic N) is 5. The summed E-state index contributed by atoms with van der Waals surface area (Å²) in [6, 6.07) is 65.1. The van der Waals surface area contributed by atoms with E-state index in [2.05, 4.69) is 185 Å². The molecule has 0 atom stereocenters. The van der Waals surface area contributed by atoms with Crippen LogP contribution in [0, 0.1) is 0 Å². The van der Waals surface area contributed by atoms with Crippen molar-refractivity contribution in [3.8, 4) is 34.0 Å². The Labute approximate surface area is 341 Å². The number of benzene rings is 8. The molecule has 0 radical (unpaired) electrons. The molecule has 0 N–H and O–H groups in total. The summed E-state index contributed by atoms with van der Waals surface area (Å²) in [7, 11) is 0. The molecule has 13 rings (SSSR count). The van der Waals surface area contributed by atoms with Gasteiger partial charge in [0.2, 0.25) is 0 Å². The van der Waals surface area contributed by atoms with E-state index in [4.69, 9.17) is 15.0 Å². The summed E-state index contributed by atoms with van der Waals surface area (Å²) < 4.78 is 7.03. The number of fused-ring (bicyclic) bond motifs is 11. The van der Waals surface area contributed by atoms with Gasteiger partial charge in [0, 0.05) is 60.0 Å². The largest absolute Gasteiger partial charge is 0.309 e. The van der Waals surface area contributed by atoms with Gasteiger partial charge in [0.1, 0.15) is 0 Å². The first-order valence-corrected chi connectivity index (χ1v) is 20.7. The molecule has 0 fully saturated rings. The first kappa shape index (κ1) is 32.4. The Balaban J connectivity index is 1.10. The van der Waals surface area contributed by atoms with E-state index in [9.17, 15) is 0 Å². The van der Waals surface area contributed by atoms with Gasteiger partial charge in [-0.1, -0.05) is 109 Å². The number of aromatic nitrogens is 5. The second-order valence-corrected chi connectivity index (χ2v) is 16.2. The van der Waals surface area contributed by atoms with Gasteiger partial charge in [-0.2, -0.15) is 0 Å². The number of pyridine rings is 1. The van der Waals surface area contributed by atoms with E-state index >= 15 is 0 Å². The maximum atomic E-state index is 5.60. The van der Waals surface area contributed by atoms with Crippen LogP contribution >= 0.6 is 11.3 Å². The normalized spacial score (nSPS) is 12.1. The van der Waals surface area contributed by atoms with Crippen molar-refractivity contribution >= 4 is 96.9 Å². The Morgan fingerprint density at radius 2 is 1.12 bits per heavy atom. The van der Waals surface area contributed by atoms with Crippen molar-refractivity contribution in [2.45, 2.75) is 0 Å². The molecule has 274 valence electrons. The SMILES string of the molecule is c1ccc(-n2c3ccccc3c3c(-c4nc(-c5ccc(-n6c7ccccc7c7cc8ccccc8cc76)c6cccnc56)nc5c4sc4ccccc45)cccc32)cc1. The zero-order valence-corrected chi connectivity index (χ0v) is 32.4. The number of para-hydroxylation sites is 3. The lowest BCUT2D eigenvalue weighted by molar-refractivity contribution is 1.18. The Hall–Kier alpha value is -7.67. The third-order valence-electron chi connectivity index (χ3n) is 12.0. The van der Waals surface area contributed by atoms with E-state index < -0.39 is 0 Å². The summed E-state index contributed by atoms with van der Waals surface area (Å²) in [6.45, 7) is 0. The van der Waals surface area contributed by atoms with E-state index in [1.165, 1.54) is 37.0 Å². The molecule has 8 aromatic carbocycles. The molecule has 6 heteroatoms. The van der Waals surface area contributed by atoms with Crippen molar-refractivity contribution in [1.82, 2.24) is 24.1 Å². The summed E-state index contributed by atoms with van der Waals surface area (Å²) in [5, 5.41) is 9.42. The highest BCUT2D eigenvalue weighted by molar-refractivity contribution is 7.26. The molecule has 0 saturated carbocycles. The smallest absolute Gasteiger partial charge is 0.162 e. The van der Waals surface area contributed by atoms with Crippen LogP contribution in [-0.4, -0.2) is 24.1 Å². The fraction of sp³-hybridized carbons (Fsp3) is 0. The van der Waals surface area contributed by atoms with Gasteiger partial charge in [-0.25, -0.2) is 9.97 Å². The molecular weight excluding hydrogens is 739 g/mol. The Kier molecular flexibility index (Phi) is 6.82. The van der Waals surface area contributed by atoms with Crippen molar-refractivity contribution in [1.29, 1.82) is 0 Å². The second kappa shape index (κ2) is 12.4. The predicted molar refractivity (Wildman–Crippen MR) is 247 cm³/mol. The van der Waals surface area contributed by atoms with Crippen molar-refractivity contribution in [2.75, 3.05) is 0 Å². The molecule has 0 saturated heterocycles. The van der Waals surface area contributed by atoms with Crippen molar-refractivity contribution in [2.24, 2.45) is 0 Å². The van der Waals surface area contributed by atoms with Gasteiger partial charge in [-0.05, 0) is 83.6 Å². The Morgan fingerprint density at radius 3 is 1.98 bits per heavy atom. The molecule has 0 aliphatic rings. The lowest BCUT2D eigenvalue weighted by atomic mass is 10.0. The number of rotatable bonds is 4. The summed E-state index contributed by atoms with van der Waals surface area (Å²) >= 11 is 1.76. The topological polar surface area (TPSA) is 48.5 Å². The molecule has 5 aromatic heterocycles. The van der Waals surface area contributed by atoms with Crippen LogP contribution in [-0.2, 0) is 0 Å². The first-order valence-electron chi connectivity index (χ1n) is 19.9. The summed E-state index contributed by atoms with van der Waals surface area (Å²) in [5.74, 6) is 0.656. The lowest BCUT2D eigenvalue weighted by Crippen LogP contribution is -1.99. The number of hydrogen-bond acceptors (Lipinski definition) is 4. The fourth-order valence-electron chi connectivity index (χ4n) is 9.41. The highest BCUT2D eigenvalue weighted by Crippen LogP contribution is 2.45. The van der Waals surface area contributed by atoms with Crippen molar-refractivity contribution in [3.05, 3.63) is 188 Å². The van der Waals surface area contributed by atoms with Crippen molar-refractivity contribution < 1.29 is 0 Å². The van der Waals surface area contributed by atoms with E-state index in [-0.39, 0.29) is 0 Å². The number of thiophene rings is 1. The summed E-state index contributed by atoms with van der Waals surface area (Å²) in [5.41, 5.74) is 11.5. The second-order valence-electron chi connectivity index (χ2n) is 15.2. The average Bonchev–Trinajstić information content (AvgIpc) is 3.95. The Morgan fingerprint density at radius 1 is 0.424 bits per heavy atom. The maximum Gasteiger partial charge on any atom is 0.162 e. The minimum absolute atomic E-state index is 0.656. The minimum atomic E-state index is 0.656. The molecule has 0 bridgehead atoms. The van der Waals surface area contributed by atoms with Crippen LogP contribution in [0.1, 0.15) is 0 Å². The van der Waals surface area contributed by atoms with Gasteiger partial charge < -0.3 is 9.13 Å². The van der Waals surface area contributed by atoms with Gasteiger partial charge in [-0.15, -0.1) is 11.3 Å². The Bertz CT molecular complexity index is 3860. The molecule has 0 aliphatic heterocycles. The van der Waals surface area contributed by atoms with Gasteiger partial charge in [0.15, 0.2) is 5.82 Å². The van der Waals surface area contributed by atoms with E-state index in [0.717, 1.165) is 76.8 Å². The highest BCUT2D eigenvalue weighted by atomic mass is 32.1. The molecule has 0 aliphatic carbocycles. The summed E-state index contributed by atoms with van der Waals surface area (Å²) in [6.07, 6.45) is 1.88. The van der Waals surface area contributed by atoms with Gasteiger partial charge in [-0.3, -0.25) is 4.98 Å². The molecule has 59 heavy (non-hydrogen) atoms. The van der Waals surface area contributed by atoms with E-state index in [1.54, 1.807) is 11.3 Å². The average molecular weight is 770 g/mol. The summed E-state index contributed by atoms with van der Waals surface area (Å²) in [4.78, 5) is 16.1. The van der Waals surface area contributed by atoms with Crippen LogP contribution in [0.4, 0.5) is 0 Å². The van der Waals surface area contributed by atoms with Crippen LogP contribution in [0.2, 0.25) is 0 Å². The van der Waals surface area contributed by atoms with Crippen LogP contribution in [0.25, 0.3) is 120 Å². The van der Waals surface area contributed by atoms with Crippen LogP contribution in [0.5, 0.6) is 0 Å². The van der Waals surface area contributed by atoms with Crippen LogP contribution < -0.4 is 0 Å². The zero-order valence-electron chi connectivity index (χ0n) is 31.5. The van der Waals surface area contributed by atoms with Gasteiger partial charge in [0.25, 0.3) is 0 Å². The first-order chi connectivity index (χ1) is 29.3. The maximum absolute atomic E-state index is 5.60. The third kappa shape index (κ3) is 4.69. The molecule has 5 nitrogen and oxygen atoms in total. The molecule has 5 heterocycles. The highest BCUT2D eigenvalue weighted by Gasteiger charge is 2.23. The quantitative estimate of drug-likeness (QED) is 0.179.